The van der Waals surface area contributed by atoms with Crippen molar-refractivity contribution in [3.63, 3.8) is 0 Å². The molecule has 0 saturated carbocycles. The molecule has 0 aromatic heterocycles. The predicted molar refractivity (Wildman–Crippen MR) is 51.2 cm³/mol. The number of hydrogen-bond donors (Lipinski definition) is 0. The number of alkyl halides is 3. The van der Waals surface area contributed by atoms with Crippen LogP contribution in [-0.2, 0) is 9.05 Å². The largest absolute Gasteiger partial charge is 0.573 e. The second-order valence-corrected chi connectivity index (χ2v) is 5.46. The predicted octanol–water partition coefficient (Wildman–Crippen LogP) is 3.17. The first-order valence-electron chi connectivity index (χ1n) is 3.60. The maximum absolute atomic E-state index is 11.9. The minimum absolute atomic E-state index is 0.447. The fourth-order valence-electron chi connectivity index (χ4n) is 0.931. The van der Waals surface area contributed by atoms with E-state index in [4.69, 9.17) is 22.3 Å². The summed E-state index contributed by atoms with van der Waals surface area (Å²) in [6.45, 7) is 0. The molecule has 0 aliphatic carbocycles. The fourth-order valence-corrected chi connectivity index (χ4v) is 2.65. The molecule has 0 unspecified atom stereocenters. The summed E-state index contributed by atoms with van der Waals surface area (Å²) < 4.78 is 61.3. The van der Waals surface area contributed by atoms with E-state index in [9.17, 15) is 21.6 Å². The van der Waals surface area contributed by atoms with Crippen molar-refractivity contribution >= 4 is 31.3 Å². The molecular formula is C7H3Cl2F3O3S. The SMILES string of the molecule is O=S(=O)(Cl)c1c(Cl)cccc1OC(F)(F)F. The third-order valence-electron chi connectivity index (χ3n) is 1.40. The lowest BCUT2D eigenvalue weighted by molar-refractivity contribution is -0.275. The number of hydrogen-bond acceptors (Lipinski definition) is 3. The molecule has 0 aliphatic rings. The number of rotatable bonds is 2. The van der Waals surface area contributed by atoms with Gasteiger partial charge in [0.15, 0.2) is 5.75 Å². The van der Waals surface area contributed by atoms with E-state index in [2.05, 4.69) is 4.74 Å². The molecule has 0 radical (unpaired) electrons. The van der Waals surface area contributed by atoms with Crippen molar-refractivity contribution in [3.8, 4) is 5.75 Å². The standard InChI is InChI=1S/C7H3Cl2F3O3S/c8-4-2-1-3-5(15-7(10,11)12)6(4)16(9,13)14/h1-3H. The maximum atomic E-state index is 11.9. The zero-order valence-electron chi connectivity index (χ0n) is 7.25. The van der Waals surface area contributed by atoms with Gasteiger partial charge in [0, 0.05) is 10.7 Å². The van der Waals surface area contributed by atoms with Crippen molar-refractivity contribution in [1.29, 1.82) is 0 Å². The second-order valence-electron chi connectivity index (χ2n) is 2.55. The van der Waals surface area contributed by atoms with Gasteiger partial charge in [-0.1, -0.05) is 17.7 Å². The highest BCUT2D eigenvalue weighted by molar-refractivity contribution is 8.14. The first kappa shape index (κ1) is 13.4. The highest BCUT2D eigenvalue weighted by atomic mass is 35.7. The molecule has 0 spiro atoms. The van der Waals surface area contributed by atoms with E-state index in [1.54, 1.807) is 0 Å². The van der Waals surface area contributed by atoms with Crippen molar-refractivity contribution in [2.24, 2.45) is 0 Å². The molecule has 0 atom stereocenters. The topological polar surface area (TPSA) is 43.4 Å². The lowest BCUT2D eigenvalue weighted by Crippen LogP contribution is -2.18. The third kappa shape index (κ3) is 3.43. The molecular weight excluding hydrogens is 292 g/mol. The Morgan fingerprint density at radius 3 is 2.25 bits per heavy atom. The van der Waals surface area contributed by atoms with Crippen LogP contribution in [0.1, 0.15) is 0 Å². The van der Waals surface area contributed by atoms with E-state index in [0.29, 0.717) is 0 Å². The van der Waals surface area contributed by atoms with Crippen LogP contribution in [-0.4, -0.2) is 14.8 Å². The molecule has 1 aromatic carbocycles. The van der Waals surface area contributed by atoms with Crippen molar-refractivity contribution in [2.45, 2.75) is 11.3 Å². The minimum atomic E-state index is -5.03. The monoisotopic (exact) mass is 294 g/mol. The molecule has 90 valence electrons. The Labute approximate surface area is 98.1 Å². The quantitative estimate of drug-likeness (QED) is 0.787. The lowest BCUT2D eigenvalue weighted by atomic mass is 10.3. The number of ether oxygens (including phenoxy) is 1. The van der Waals surface area contributed by atoms with Gasteiger partial charge >= 0.3 is 6.36 Å². The van der Waals surface area contributed by atoms with Gasteiger partial charge < -0.3 is 4.74 Å². The molecule has 0 saturated heterocycles. The van der Waals surface area contributed by atoms with Crippen LogP contribution in [0.4, 0.5) is 13.2 Å². The van der Waals surface area contributed by atoms with E-state index < -0.39 is 31.1 Å². The highest BCUT2D eigenvalue weighted by Gasteiger charge is 2.34. The van der Waals surface area contributed by atoms with Crippen LogP contribution in [0.3, 0.4) is 0 Å². The van der Waals surface area contributed by atoms with Gasteiger partial charge in [-0.15, -0.1) is 13.2 Å². The molecule has 0 heterocycles. The van der Waals surface area contributed by atoms with Gasteiger partial charge in [-0.25, -0.2) is 8.42 Å². The molecule has 0 aliphatic heterocycles. The van der Waals surface area contributed by atoms with Gasteiger partial charge in [0.2, 0.25) is 0 Å². The van der Waals surface area contributed by atoms with Gasteiger partial charge in [-0.2, -0.15) is 0 Å². The Kier molecular flexibility index (Phi) is 3.61. The molecule has 0 N–H and O–H groups in total. The molecule has 0 bridgehead atoms. The fraction of sp³-hybridized carbons (Fsp3) is 0.143. The Hall–Kier alpha value is -0.660. The average Bonchev–Trinajstić information content (AvgIpc) is 1.97. The number of benzene rings is 1. The summed E-state index contributed by atoms with van der Waals surface area (Å²) in [6, 6.07) is 2.99. The summed E-state index contributed by atoms with van der Waals surface area (Å²) in [4.78, 5) is -0.907. The average molecular weight is 295 g/mol. The van der Waals surface area contributed by atoms with Crippen molar-refractivity contribution in [2.75, 3.05) is 0 Å². The molecule has 3 nitrogen and oxygen atoms in total. The van der Waals surface area contributed by atoms with Crippen LogP contribution < -0.4 is 4.74 Å². The zero-order valence-corrected chi connectivity index (χ0v) is 9.58. The molecule has 9 heteroatoms. The van der Waals surface area contributed by atoms with E-state index in [1.807, 2.05) is 0 Å². The van der Waals surface area contributed by atoms with Gasteiger partial charge in [-0.3, -0.25) is 0 Å². The maximum Gasteiger partial charge on any atom is 0.573 e. The molecule has 1 rings (SSSR count). The Morgan fingerprint density at radius 2 is 1.81 bits per heavy atom. The van der Waals surface area contributed by atoms with E-state index in [0.717, 1.165) is 18.2 Å². The summed E-state index contributed by atoms with van der Waals surface area (Å²) >= 11 is 5.43. The molecule has 1 aromatic rings. The third-order valence-corrected chi connectivity index (χ3v) is 3.20. The van der Waals surface area contributed by atoms with Crippen LogP contribution >= 0.6 is 22.3 Å². The van der Waals surface area contributed by atoms with E-state index >= 15 is 0 Å². The molecule has 0 amide bonds. The Balaban J connectivity index is 3.36. The summed E-state index contributed by atoms with van der Waals surface area (Å²) in [7, 11) is 0.517. The molecule has 0 fully saturated rings. The van der Waals surface area contributed by atoms with Gasteiger partial charge in [0.25, 0.3) is 9.05 Å². The molecule has 16 heavy (non-hydrogen) atoms. The second kappa shape index (κ2) is 4.31. The summed E-state index contributed by atoms with van der Waals surface area (Å²) in [5.74, 6) is -0.963. The van der Waals surface area contributed by atoms with Crippen molar-refractivity contribution < 1.29 is 26.3 Å². The van der Waals surface area contributed by atoms with Crippen LogP contribution in [0.15, 0.2) is 23.1 Å². The Morgan fingerprint density at radius 1 is 1.25 bits per heavy atom. The van der Waals surface area contributed by atoms with Crippen LogP contribution in [0, 0.1) is 0 Å². The highest BCUT2D eigenvalue weighted by Crippen LogP contribution is 2.36. The van der Waals surface area contributed by atoms with Crippen LogP contribution in [0.5, 0.6) is 5.75 Å². The Bertz CT molecular complexity index is 498. The van der Waals surface area contributed by atoms with Crippen LogP contribution in [0.25, 0.3) is 0 Å². The number of halogens is 5. The first-order valence-corrected chi connectivity index (χ1v) is 6.29. The van der Waals surface area contributed by atoms with Gasteiger partial charge in [-0.05, 0) is 12.1 Å². The van der Waals surface area contributed by atoms with E-state index in [1.165, 1.54) is 0 Å². The zero-order chi connectivity index (χ0) is 12.6. The smallest absolute Gasteiger partial charge is 0.404 e. The van der Waals surface area contributed by atoms with Gasteiger partial charge in [0.05, 0.1) is 5.02 Å². The summed E-state index contributed by atoms with van der Waals surface area (Å²) in [5, 5.41) is -0.447. The van der Waals surface area contributed by atoms with Crippen molar-refractivity contribution in [3.05, 3.63) is 23.2 Å². The minimum Gasteiger partial charge on any atom is -0.404 e. The summed E-state index contributed by atoms with van der Waals surface area (Å²) in [5.41, 5.74) is 0. The van der Waals surface area contributed by atoms with Crippen LogP contribution in [0.2, 0.25) is 5.02 Å². The van der Waals surface area contributed by atoms with E-state index in [-0.39, 0.29) is 0 Å². The van der Waals surface area contributed by atoms with Gasteiger partial charge in [0.1, 0.15) is 4.90 Å². The van der Waals surface area contributed by atoms with Crippen molar-refractivity contribution in [1.82, 2.24) is 0 Å². The first-order chi connectivity index (χ1) is 7.11. The summed E-state index contributed by atoms with van der Waals surface area (Å²) in [6.07, 6.45) is -5.03. The normalized spacial score (nSPS) is 12.6. The lowest BCUT2D eigenvalue weighted by Gasteiger charge is -2.12.